The third-order valence-electron chi connectivity index (χ3n) is 5.27. The molecule has 1 atom stereocenters. The average molecular weight is 339 g/mol. The molecular weight excluding hydrogens is 314 g/mol. The van der Waals surface area contributed by atoms with E-state index >= 15 is 0 Å². The summed E-state index contributed by atoms with van der Waals surface area (Å²) in [7, 11) is -3.19. The van der Waals surface area contributed by atoms with E-state index in [0.717, 1.165) is 25.1 Å². The summed E-state index contributed by atoms with van der Waals surface area (Å²) in [6.45, 7) is 2.27. The molecule has 6 nitrogen and oxygen atoms in total. The Hall–Kier alpha value is -0.920. The molecule has 2 saturated carbocycles. The molecule has 3 aliphatic rings. The molecule has 0 spiro atoms. The van der Waals surface area contributed by atoms with Crippen molar-refractivity contribution in [3.05, 3.63) is 18.0 Å². The number of sulfonamides is 1. The van der Waals surface area contributed by atoms with Crippen LogP contribution in [0.4, 0.5) is 0 Å². The maximum absolute atomic E-state index is 12.7. The summed E-state index contributed by atoms with van der Waals surface area (Å²) in [5, 5.41) is 4.17. The van der Waals surface area contributed by atoms with Crippen molar-refractivity contribution in [3.8, 4) is 0 Å². The van der Waals surface area contributed by atoms with Crippen molar-refractivity contribution in [3.63, 3.8) is 0 Å². The highest BCUT2D eigenvalue weighted by molar-refractivity contribution is 7.90. The molecule has 4 rings (SSSR count). The molecular formula is C16H25N3O3S. The van der Waals surface area contributed by atoms with Crippen LogP contribution in [-0.2, 0) is 27.8 Å². The first kappa shape index (κ1) is 15.6. The van der Waals surface area contributed by atoms with Gasteiger partial charge < -0.3 is 4.74 Å². The van der Waals surface area contributed by atoms with Crippen molar-refractivity contribution in [1.82, 2.24) is 14.1 Å². The molecule has 23 heavy (non-hydrogen) atoms. The Morgan fingerprint density at radius 3 is 2.70 bits per heavy atom. The first-order chi connectivity index (χ1) is 11.1. The van der Waals surface area contributed by atoms with Crippen LogP contribution in [0, 0.1) is 5.92 Å². The lowest BCUT2D eigenvalue weighted by Gasteiger charge is -2.24. The number of nitrogens with zero attached hydrogens (tertiary/aromatic N) is 3. The third kappa shape index (κ3) is 3.32. The van der Waals surface area contributed by atoms with E-state index in [-0.39, 0.29) is 11.4 Å². The van der Waals surface area contributed by atoms with Crippen molar-refractivity contribution >= 4 is 10.0 Å². The second-order valence-electron chi connectivity index (χ2n) is 7.15. The number of aromatic nitrogens is 2. The smallest absolute Gasteiger partial charge is 0.217 e. The van der Waals surface area contributed by atoms with Gasteiger partial charge in [-0.3, -0.25) is 4.68 Å². The van der Waals surface area contributed by atoms with Crippen LogP contribution in [0.2, 0.25) is 0 Å². The zero-order valence-electron chi connectivity index (χ0n) is 13.4. The summed E-state index contributed by atoms with van der Waals surface area (Å²) >= 11 is 0. The van der Waals surface area contributed by atoms with Gasteiger partial charge in [-0.15, -0.1) is 0 Å². The summed E-state index contributed by atoms with van der Waals surface area (Å²) in [5.41, 5.74) is 0.959. The Labute approximate surface area is 137 Å². The topological polar surface area (TPSA) is 64.4 Å². The van der Waals surface area contributed by atoms with Crippen LogP contribution < -0.4 is 0 Å². The monoisotopic (exact) mass is 339 g/mol. The van der Waals surface area contributed by atoms with Crippen molar-refractivity contribution < 1.29 is 13.2 Å². The normalized spacial score (nSPS) is 27.0. The summed E-state index contributed by atoms with van der Waals surface area (Å²) in [5.74, 6) is 0.642. The van der Waals surface area contributed by atoms with Gasteiger partial charge >= 0.3 is 0 Å². The van der Waals surface area contributed by atoms with Crippen molar-refractivity contribution in [2.45, 2.75) is 63.0 Å². The number of ether oxygens (including phenoxy) is 1. The Kier molecular flexibility index (Phi) is 4.19. The van der Waals surface area contributed by atoms with E-state index in [4.69, 9.17) is 4.74 Å². The van der Waals surface area contributed by atoms with Crippen LogP contribution in [0.25, 0.3) is 0 Å². The van der Waals surface area contributed by atoms with Gasteiger partial charge in [-0.05, 0) is 37.7 Å². The molecule has 0 radical (unpaired) electrons. The molecule has 0 bridgehead atoms. The highest BCUT2D eigenvalue weighted by Gasteiger charge is 2.42. The van der Waals surface area contributed by atoms with Gasteiger partial charge in [0.05, 0.1) is 30.1 Å². The highest BCUT2D eigenvalue weighted by Crippen LogP contribution is 2.33. The highest BCUT2D eigenvalue weighted by atomic mass is 32.2. The summed E-state index contributed by atoms with van der Waals surface area (Å²) in [4.78, 5) is 0. The van der Waals surface area contributed by atoms with E-state index in [1.54, 1.807) is 10.5 Å². The molecule has 2 fully saturated rings. The van der Waals surface area contributed by atoms with Gasteiger partial charge in [-0.25, -0.2) is 8.42 Å². The molecule has 2 heterocycles. The largest absolute Gasteiger partial charge is 0.375 e. The van der Waals surface area contributed by atoms with Gasteiger partial charge in [0.15, 0.2) is 0 Å². The van der Waals surface area contributed by atoms with E-state index in [2.05, 4.69) is 5.10 Å². The number of hydrogen-bond acceptors (Lipinski definition) is 4. The minimum Gasteiger partial charge on any atom is -0.375 e. The summed E-state index contributed by atoms with van der Waals surface area (Å²) in [6, 6.07) is 1.91. The quantitative estimate of drug-likeness (QED) is 0.820. The van der Waals surface area contributed by atoms with Crippen LogP contribution in [0.15, 0.2) is 12.3 Å². The summed E-state index contributed by atoms with van der Waals surface area (Å²) in [6.07, 6.45) is 8.31. The van der Waals surface area contributed by atoms with Crippen LogP contribution in [0.3, 0.4) is 0 Å². The van der Waals surface area contributed by atoms with Gasteiger partial charge in [0.25, 0.3) is 0 Å². The lowest BCUT2D eigenvalue weighted by Crippen LogP contribution is -2.39. The standard InChI is InChI=1S/C16H25N3O3S/c20-23(21,16-5-6-16)18-9-14-7-8-17-19(14)11-15(10-18)22-12-13-3-1-2-4-13/h7-8,13,15-16H,1-6,9-12H2. The van der Waals surface area contributed by atoms with E-state index < -0.39 is 10.0 Å². The van der Waals surface area contributed by atoms with E-state index in [1.165, 1.54) is 25.7 Å². The zero-order valence-corrected chi connectivity index (χ0v) is 14.2. The number of hydrogen-bond donors (Lipinski definition) is 0. The predicted octanol–water partition coefficient (Wildman–Crippen LogP) is 1.77. The number of fused-ring (bicyclic) bond motifs is 1. The van der Waals surface area contributed by atoms with Crippen LogP contribution >= 0.6 is 0 Å². The van der Waals surface area contributed by atoms with Gasteiger partial charge in [0, 0.05) is 19.3 Å². The van der Waals surface area contributed by atoms with Crippen LogP contribution in [0.5, 0.6) is 0 Å². The van der Waals surface area contributed by atoms with Crippen molar-refractivity contribution in [2.75, 3.05) is 13.2 Å². The molecule has 2 aliphatic carbocycles. The predicted molar refractivity (Wildman–Crippen MR) is 86.3 cm³/mol. The van der Waals surface area contributed by atoms with Gasteiger partial charge in [-0.2, -0.15) is 9.40 Å². The maximum atomic E-state index is 12.7. The molecule has 1 aromatic heterocycles. The van der Waals surface area contributed by atoms with Crippen LogP contribution in [-0.4, -0.2) is 47.0 Å². The molecule has 1 aromatic rings. The Morgan fingerprint density at radius 2 is 1.96 bits per heavy atom. The van der Waals surface area contributed by atoms with Gasteiger partial charge in [0.2, 0.25) is 10.0 Å². The molecule has 0 amide bonds. The van der Waals surface area contributed by atoms with Gasteiger partial charge in [0.1, 0.15) is 0 Å². The Balaban J connectivity index is 1.49. The maximum Gasteiger partial charge on any atom is 0.217 e. The SMILES string of the molecule is O=S(=O)(C1CC1)N1Cc2ccnn2CC(OCC2CCCC2)C1. The van der Waals surface area contributed by atoms with Crippen molar-refractivity contribution in [2.24, 2.45) is 5.92 Å². The fourth-order valence-corrected chi connectivity index (χ4v) is 5.55. The Bertz CT molecular complexity index is 647. The molecule has 0 N–H and O–H groups in total. The summed E-state index contributed by atoms with van der Waals surface area (Å²) < 4.78 is 35.0. The minimum atomic E-state index is -3.19. The third-order valence-corrected chi connectivity index (χ3v) is 7.59. The fraction of sp³-hybridized carbons (Fsp3) is 0.812. The fourth-order valence-electron chi connectivity index (χ4n) is 3.71. The van der Waals surface area contributed by atoms with Crippen LogP contribution in [0.1, 0.15) is 44.2 Å². The average Bonchev–Trinajstić information content (AvgIpc) is 3.17. The van der Waals surface area contributed by atoms with Gasteiger partial charge in [-0.1, -0.05) is 12.8 Å². The second-order valence-corrected chi connectivity index (χ2v) is 9.36. The van der Waals surface area contributed by atoms with Crippen molar-refractivity contribution in [1.29, 1.82) is 0 Å². The minimum absolute atomic E-state index is 0.106. The lowest BCUT2D eigenvalue weighted by molar-refractivity contribution is 0.0123. The molecule has 7 heteroatoms. The lowest BCUT2D eigenvalue weighted by atomic mass is 10.1. The zero-order chi connectivity index (χ0) is 15.9. The molecule has 1 aliphatic heterocycles. The molecule has 1 unspecified atom stereocenters. The molecule has 0 aromatic carbocycles. The van der Waals surface area contributed by atoms with E-state index in [9.17, 15) is 8.42 Å². The first-order valence-electron chi connectivity index (χ1n) is 8.74. The first-order valence-corrected chi connectivity index (χ1v) is 10.2. The van der Waals surface area contributed by atoms with E-state index in [0.29, 0.717) is 25.6 Å². The molecule has 0 saturated heterocycles. The van der Waals surface area contributed by atoms with E-state index in [1.807, 2.05) is 10.7 Å². The Morgan fingerprint density at radius 1 is 1.17 bits per heavy atom. The molecule has 128 valence electrons. The number of rotatable bonds is 5. The second kappa shape index (κ2) is 6.18.